The Morgan fingerprint density at radius 2 is 1.84 bits per heavy atom. The molecule has 0 bridgehead atoms. The zero-order chi connectivity index (χ0) is 27.1. The molecule has 1 N–H and O–H groups in total. The summed E-state index contributed by atoms with van der Waals surface area (Å²) in [6, 6.07) is 13.2. The highest BCUT2D eigenvalue weighted by Gasteiger charge is 2.37. The zero-order valence-electron chi connectivity index (χ0n) is 22.2. The van der Waals surface area contributed by atoms with E-state index in [0.717, 1.165) is 25.2 Å². The van der Waals surface area contributed by atoms with E-state index in [2.05, 4.69) is 10.2 Å². The number of ether oxygens (including phenoxy) is 1. The van der Waals surface area contributed by atoms with Gasteiger partial charge in [0.25, 0.3) is 5.91 Å². The van der Waals surface area contributed by atoms with E-state index in [0.29, 0.717) is 28.9 Å². The largest absolute Gasteiger partial charge is 0.463 e. The van der Waals surface area contributed by atoms with Crippen LogP contribution in [0, 0.1) is 5.82 Å². The second kappa shape index (κ2) is 12.8. The van der Waals surface area contributed by atoms with E-state index in [-0.39, 0.29) is 31.4 Å². The van der Waals surface area contributed by atoms with Gasteiger partial charge in [-0.2, -0.15) is 0 Å². The van der Waals surface area contributed by atoms with Gasteiger partial charge >= 0.3 is 5.97 Å². The summed E-state index contributed by atoms with van der Waals surface area (Å²) >= 11 is 0. The molecule has 1 fully saturated rings. The number of nitrogens with one attached hydrogen (secondary N) is 1. The fourth-order valence-electron chi connectivity index (χ4n) is 5.29. The predicted molar refractivity (Wildman–Crippen MR) is 143 cm³/mol. The smallest absolute Gasteiger partial charge is 0.336 e. The van der Waals surface area contributed by atoms with Gasteiger partial charge < -0.3 is 19.9 Å². The Labute approximate surface area is 223 Å². The molecule has 1 saturated heterocycles. The van der Waals surface area contributed by atoms with E-state index >= 15 is 0 Å². The molecular formula is C30H36FN3O4. The van der Waals surface area contributed by atoms with Gasteiger partial charge in [-0.05, 0) is 75.2 Å². The highest BCUT2D eigenvalue weighted by atomic mass is 19.1. The van der Waals surface area contributed by atoms with Crippen LogP contribution in [0.2, 0.25) is 0 Å². The molecule has 2 amide bonds. The monoisotopic (exact) mass is 521 g/mol. The number of hydrogen-bond acceptors (Lipinski definition) is 5. The Hall–Kier alpha value is -3.52. The van der Waals surface area contributed by atoms with Gasteiger partial charge in [0, 0.05) is 36.7 Å². The molecule has 2 aliphatic heterocycles. The summed E-state index contributed by atoms with van der Waals surface area (Å²) in [7, 11) is 0. The number of piperidine rings is 1. The molecule has 202 valence electrons. The molecule has 2 aromatic rings. The molecule has 2 aromatic carbocycles. The maximum atomic E-state index is 14.0. The first-order valence-electron chi connectivity index (χ1n) is 13.4. The van der Waals surface area contributed by atoms with Crippen molar-refractivity contribution < 1.29 is 23.5 Å². The molecule has 0 aliphatic carbocycles. The molecule has 1 unspecified atom stereocenters. The third-order valence-electron chi connectivity index (χ3n) is 7.26. The topological polar surface area (TPSA) is 79.0 Å². The Kier molecular flexibility index (Phi) is 9.29. The van der Waals surface area contributed by atoms with E-state index < -0.39 is 17.7 Å². The number of carbonyl (C=O) groups excluding carboxylic acids is 3. The molecule has 0 spiro atoms. The number of carbonyl (C=O) groups is 3. The Balaban J connectivity index is 1.50. The molecule has 2 heterocycles. The average Bonchev–Trinajstić information content (AvgIpc) is 2.91. The maximum absolute atomic E-state index is 14.0. The van der Waals surface area contributed by atoms with Crippen LogP contribution in [0.5, 0.6) is 0 Å². The van der Waals surface area contributed by atoms with Crippen molar-refractivity contribution in [1.29, 1.82) is 0 Å². The van der Waals surface area contributed by atoms with E-state index in [1.54, 1.807) is 49.1 Å². The van der Waals surface area contributed by atoms with Crippen molar-refractivity contribution in [3.05, 3.63) is 82.3 Å². The highest BCUT2D eigenvalue weighted by molar-refractivity contribution is 5.96. The summed E-state index contributed by atoms with van der Waals surface area (Å²) in [5, 5.41) is 3.00. The number of allylic oxidation sites excluding steroid dienone is 1. The van der Waals surface area contributed by atoms with Gasteiger partial charge in [0.2, 0.25) is 5.91 Å². The molecule has 0 saturated carbocycles. The minimum absolute atomic E-state index is 0.0195. The van der Waals surface area contributed by atoms with Gasteiger partial charge in [0.15, 0.2) is 0 Å². The van der Waals surface area contributed by atoms with Crippen LogP contribution in [0.3, 0.4) is 0 Å². The van der Waals surface area contributed by atoms with Crippen molar-refractivity contribution in [2.24, 2.45) is 0 Å². The lowest BCUT2D eigenvalue weighted by Crippen LogP contribution is -2.38. The molecule has 0 aromatic heterocycles. The Morgan fingerprint density at radius 1 is 1.08 bits per heavy atom. The normalized spacial score (nSPS) is 18.4. The van der Waals surface area contributed by atoms with Gasteiger partial charge in [-0.3, -0.25) is 9.59 Å². The van der Waals surface area contributed by atoms with Crippen LogP contribution in [0.1, 0.15) is 66.9 Å². The third-order valence-corrected chi connectivity index (χ3v) is 7.26. The quantitative estimate of drug-likeness (QED) is 0.495. The Bertz CT molecular complexity index is 1210. The summed E-state index contributed by atoms with van der Waals surface area (Å²) in [5.41, 5.74) is 2.68. The van der Waals surface area contributed by atoms with Crippen LogP contribution in [0.15, 0.2) is 59.8 Å². The van der Waals surface area contributed by atoms with Crippen LogP contribution in [0.25, 0.3) is 0 Å². The van der Waals surface area contributed by atoms with Crippen LogP contribution in [0.4, 0.5) is 4.39 Å². The molecule has 8 heteroatoms. The number of amides is 2. The number of likely N-dealkylation sites (tertiary alicyclic amines) is 1. The number of esters is 1. The van der Waals surface area contributed by atoms with Crippen molar-refractivity contribution in [3.8, 4) is 0 Å². The maximum Gasteiger partial charge on any atom is 0.336 e. The zero-order valence-corrected chi connectivity index (χ0v) is 22.2. The lowest BCUT2D eigenvalue weighted by Gasteiger charge is -2.34. The van der Waals surface area contributed by atoms with Gasteiger partial charge in [-0.25, -0.2) is 9.18 Å². The van der Waals surface area contributed by atoms with Crippen LogP contribution in [-0.2, 0) is 20.9 Å². The first kappa shape index (κ1) is 27.5. The van der Waals surface area contributed by atoms with Gasteiger partial charge in [0.1, 0.15) is 5.82 Å². The molecule has 2 aliphatic rings. The molecule has 7 nitrogen and oxygen atoms in total. The van der Waals surface area contributed by atoms with Gasteiger partial charge in [0.05, 0.1) is 18.7 Å². The summed E-state index contributed by atoms with van der Waals surface area (Å²) < 4.78 is 19.3. The second-order valence-electron chi connectivity index (χ2n) is 9.87. The summed E-state index contributed by atoms with van der Waals surface area (Å²) in [4.78, 5) is 43.0. The number of hydrogen-bond donors (Lipinski definition) is 1. The van der Waals surface area contributed by atoms with E-state index in [1.165, 1.54) is 31.4 Å². The fourth-order valence-corrected chi connectivity index (χ4v) is 5.29. The number of benzene rings is 2. The van der Waals surface area contributed by atoms with E-state index in [1.807, 2.05) is 6.07 Å². The van der Waals surface area contributed by atoms with Crippen LogP contribution >= 0.6 is 0 Å². The van der Waals surface area contributed by atoms with Crippen molar-refractivity contribution in [2.45, 2.75) is 52.0 Å². The van der Waals surface area contributed by atoms with Crippen LogP contribution in [-0.4, -0.2) is 60.4 Å². The SMILES string of the molecule is CCOC(=O)C1=C(C)N(Cc2cccc(C(=O)NCCN3CCCCC3)c2)C(=O)CC1c1cccc(F)c1. The first-order chi connectivity index (χ1) is 18.4. The van der Waals surface area contributed by atoms with Crippen molar-refractivity contribution in [2.75, 3.05) is 32.8 Å². The average molecular weight is 522 g/mol. The van der Waals surface area contributed by atoms with Crippen LogP contribution < -0.4 is 5.32 Å². The lowest BCUT2D eigenvalue weighted by molar-refractivity contribution is -0.140. The van der Waals surface area contributed by atoms with Gasteiger partial charge in [-0.1, -0.05) is 30.7 Å². The lowest BCUT2D eigenvalue weighted by atomic mass is 9.83. The van der Waals surface area contributed by atoms with Crippen molar-refractivity contribution in [1.82, 2.24) is 15.1 Å². The fraction of sp³-hybridized carbons (Fsp3) is 0.433. The summed E-state index contributed by atoms with van der Waals surface area (Å²) in [5.74, 6) is -1.87. The van der Waals surface area contributed by atoms with Crippen molar-refractivity contribution >= 4 is 17.8 Å². The standard InChI is InChI=1S/C30H36FN3O4/c1-3-38-30(37)28-21(2)34(27(35)19-26(28)23-10-8-12-25(31)18-23)20-22-9-7-11-24(17-22)29(36)32-13-16-33-14-5-4-6-15-33/h7-12,17-18,26H,3-6,13-16,19-20H2,1-2H3,(H,32,36). The number of rotatable bonds is 9. The molecule has 38 heavy (non-hydrogen) atoms. The minimum atomic E-state index is -0.592. The predicted octanol–water partition coefficient (Wildman–Crippen LogP) is 4.39. The van der Waals surface area contributed by atoms with E-state index in [4.69, 9.17) is 4.74 Å². The second-order valence-corrected chi connectivity index (χ2v) is 9.87. The first-order valence-corrected chi connectivity index (χ1v) is 13.4. The summed E-state index contributed by atoms with van der Waals surface area (Å²) in [6.07, 6.45) is 3.71. The highest BCUT2D eigenvalue weighted by Crippen LogP contribution is 2.38. The molecule has 1 atom stereocenters. The van der Waals surface area contributed by atoms with Crippen molar-refractivity contribution in [3.63, 3.8) is 0 Å². The minimum Gasteiger partial charge on any atom is -0.463 e. The Morgan fingerprint density at radius 3 is 2.58 bits per heavy atom. The van der Waals surface area contributed by atoms with E-state index in [9.17, 15) is 18.8 Å². The molecule has 0 radical (unpaired) electrons. The molecule has 4 rings (SSSR count). The molecular weight excluding hydrogens is 485 g/mol. The third kappa shape index (κ3) is 6.67. The summed E-state index contributed by atoms with van der Waals surface area (Å²) in [6.45, 7) is 7.41. The number of halogens is 1. The number of nitrogens with zero attached hydrogens (tertiary/aromatic N) is 2. The van der Waals surface area contributed by atoms with Gasteiger partial charge in [-0.15, -0.1) is 0 Å².